The van der Waals surface area contributed by atoms with Gasteiger partial charge in [-0.3, -0.25) is 4.31 Å². The van der Waals surface area contributed by atoms with E-state index in [9.17, 15) is 13.2 Å². The first-order valence-corrected chi connectivity index (χ1v) is 7.74. The first kappa shape index (κ1) is 15.8. The fraction of sp³-hybridized carbons (Fsp3) is 0.417. The number of rotatable bonds is 4. The van der Waals surface area contributed by atoms with Crippen LogP contribution in [0.25, 0.3) is 0 Å². The number of halogens is 1. The Balaban J connectivity index is 3.41. The van der Waals surface area contributed by atoms with Gasteiger partial charge < -0.3 is 4.74 Å². The third-order valence-electron chi connectivity index (χ3n) is 2.66. The van der Waals surface area contributed by atoms with Crippen LogP contribution in [-0.2, 0) is 19.6 Å². The molecule has 1 aromatic carbocycles. The number of nitrogens with zero attached hydrogens (tertiary/aromatic N) is 1. The molecule has 0 aromatic heterocycles. The predicted molar refractivity (Wildman–Crippen MR) is 75.0 cm³/mol. The zero-order chi connectivity index (χ0) is 14.8. The lowest BCUT2D eigenvalue weighted by Gasteiger charge is -2.28. The van der Waals surface area contributed by atoms with Gasteiger partial charge in [0, 0.05) is 5.02 Å². The first-order valence-electron chi connectivity index (χ1n) is 5.52. The number of ether oxygens (including phenoxy) is 1. The largest absolute Gasteiger partial charge is 0.467 e. The summed E-state index contributed by atoms with van der Waals surface area (Å²) in [6.07, 6.45) is 1.03. The smallest absolute Gasteiger partial charge is 0.329 e. The van der Waals surface area contributed by atoms with Crippen LogP contribution < -0.4 is 4.31 Å². The van der Waals surface area contributed by atoms with E-state index in [1.54, 1.807) is 19.1 Å². The number of carbonyl (C=O) groups excluding carboxylic acids is 1. The Morgan fingerprint density at radius 1 is 1.42 bits per heavy atom. The lowest BCUT2D eigenvalue weighted by molar-refractivity contribution is -0.141. The van der Waals surface area contributed by atoms with Crippen molar-refractivity contribution in [2.24, 2.45) is 0 Å². The maximum atomic E-state index is 11.9. The van der Waals surface area contributed by atoms with Gasteiger partial charge in [0.25, 0.3) is 0 Å². The number of hydrogen-bond donors (Lipinski definition) is 0. The molecule has 0 amide bonds. The average molecular weight is 306 g/mol. The van der Waals surface area contributed by atoms with E-state index in [-0.39, 0.29) is 0 Å². The number of carbonyl (C=O) groups is 1. The number of benzene rings is 1. The molecule has 1 rings (SSSR count). The number of methoxy groups -OCH3 is 1. The lowest BCUT2D eigenvalue weighted by Crippen LogP contribution is -2.43. The van der Waals surface area contributed by atoms with Crippen molar-refractivity contribution < 1.29 is 17.9 Å². The van der Waals surface area contributed by atoms with Crippen molar-refractivity contribution in [3.63, 3.8) is 0 Å². The molecule has 0 N–H and O–H groups in total. The summed E-state index contributed by atoms with van der Waals surface area (Å²) in [7, 11) is -2.43. The van der Waals surface area contributed by atoms with E-state index in [1.807, 2.05) is 0 Å². The van der Waals surface area contributed by atoms with E-state index >= 15 is 0 Å². The van der Waals surface area contributed by atoms with Gasteiger partial charge in [-0.05, 0) is 31.5 Å². The van der Waals surface area contributed by atoms with Gasteiger partial charge in [-0.15, -0.1) is 0 Å². The Morgan fingerprint density at radius 3 is 2.47 bits per heavy atom. The van der Waals surface area contributed by atoms with Gasteiger partial charge >= 0.3 is 5.97 Å². The molecule has 0 aliphatic heterocycles. The van der Waals surface area contributed by atoms with Crippen molar-refractivity contribution in [2.75, 3.05) is 17.7 Å². The second-order valence-corrected chi connectivity index (χ2v) is 6.48. The second-order valence-electron chi connectivity index (χ2n) is 4.19. The first-order chi connectivity index (χ1) is 8.68. The van der Waals surface area contributed by atoms with Crippen LogP contribution in [0.5, 0.6) is 0 Å². The van der Waals surface area contributed by atoms with Crippen molar-refractivity contribution in [3.8, 4) is 0 Å². The Labute approximate surface area is 118 Å². The van der Waals surface area contributed by atoms with Crippen LogP contribution in [0.15, 0.2) is 18.2 Å². The minimum absolute atomic E-state index is 0.368. The van der Waals surface area contributed by atoms with E-state index in [1.165, 1.54) is 20.1 Å². The number of sulfonamides is 1. The molecular weight excluding hydrogens is 290 g/mol. The molecule has 7 heteroatoms. The fourth-order valence-electron chi connectivity index (χ4n) is 1.76. The zero-order valence-electron chi connectivity index (χ0n) is 11.2. The molecule has 19 heavy (non-hydrogen) atoms. The molecule has 0 aliphatic carbocycles. The van der Waals surface area contributed by atoms with E-state index in [4.69, 9.17) is 11.6 Å². The SMILES string of the molecule is COC(=O)[C@@H](C)N(c1cc(Cl)ccc1C)S(C)(=O)=O. The van der Waals surface area contributed by atoms with E-state index < -0.39 is 22.0 Å². The van der Waals surface area contributed by atoms with Crippen molar-refractivity contribution in [2.45, 2.75) is 19.9 Å². The normalized spacial score (nSPS) is 12.9. The van der Waals surface area contributed by atoms with Gasteiger partial charge in [-0.1, -0.05) is 17.7 Å². The maximum Gasteiger partial charge on any atom is 0.329 e. The minimum Gasteiger partial charge on any atom is -0.467 e. The van der Waals surface area contributed by atoms with E-state index in [0.717, 1.165) is 10.6 Å². The highest BCUT2D eigenvalue weighted by Gasteiger charge is 2.30. The molecule has 0 aliphatic rings. The topological polar surface area (TPSA) is 63.7 Å². The van der Waals surface area contributed by atoms with Gasteiger partial charge in [-0.2, -0.15) is 0 Å². The van der Waals surface area contributed by atoms with Gasteiger partial charge in [0.15, 0.2) is 0 Å². The van der Waals surface area contributed by atoms with E-state index in [2.05, 4.69) is 4.74 Å². The van der Waals surface area contributed by atoms with Gasteiger partial charge in [0.05, 0.1) is 19.1 Å². The predicted octanol–water partition coefficient (Wildman–Crippen LogP) is 1.98. The molecule has 0 saturated heterocycles. The molecule has 0 fully saturated rings. The zero-order valence-corrected chi connectivity index (χ0v) is 12.7. The molecule has 106 valence electrons. The summed E-state index contributed by atoms with van der Waals surface area (Å²) in [5, 5.41) is 0.395. The highest BCUT2D eigenvalue weighted by atomic mass is 35.5. The molecular formula is C12H16ClNO4S. The minimum atomic E-state index is -3.64. The summed E-state index contributed by atoms with van der Waals surface area (Å²) in [5.74, 6) is -0.634. The molecule has 0 spiro atoms. The number of hydrogen-bond acceptors (Lipinski definition) is 4. The van der Waals surface area contributed by atoms with Crippen molar-refractivity contribution in [1.29, 1.82) is 0 Å². The molecule has 5 nitrogen and oxygen atoms in total. The Morgan fingerprint density at radius 2 is 2.00 bits per heavy atom. The van der Waals surface area contributed by atoms with Crippen LogP contribution in [0.1, 0.15) is 12.5 Å². The van der Waals surface area contributed by atoms with Crippen LogP contribution in [0, 0.1) is 6.92 Å². The van der Waals surface area contributed by atoms with Gasteiger partial charge in [0.1, 0.15) is 6.04 Å². The summed E-state index contributed by atoms with van der Waals surface area (Å²) in [4.78, 5) is 11.6. The van der Waals surface area contributed by atoms with Crippen molar-refractivity contribution >= 4 is 33.3 Å². The number of aryl methyl sites for hydroxylation is 1. The van der Waals surface area contributed by atoms with Crippen molar-refractivity contribution in [1.82, 2.24) is 0 Å². The Hall–Kier alpha value is -1.27. The quantitative estimate of drug-likeness (QED) is 0.798. The highest BCUT2D eigenvalue weighted by molar-refractivity contribution is 7.92. The summed E-state index contributed by atoms with van der Waals surface area (Å²) in [5.41, 5.74) is 1.07. The maximum absolute atomic E-state index is 11.9. The lowest BCUT2D eigenvalue weighted by atomic mass is 10.2. The summed E-state index contributed by atoms with van der Waals surface area (Å²) in [6, 6.07) is 3.90. The molecule has 0 heterocycles. The van der Waals surface area contributed by atoms with Crippen LogP contribution in [0.4, 0.5) is 5.69 Å². The summed E-state index contributed by atoms with van der Waals surface area (Å²) in [6.45, 7) is 3.21. The highest BCUT2D eigenvalue weighted by Crippen LogP contribution is 2.28. The van der Waals surface area contributed by atoms with Crippen LogP contribution in [0.3, 0.4) is 0 Å². The third-order valence-corrected chi connectivity index (χ3v) is 4.12. The van der Waals surface area contributed by atoms with Gasteiger partial charge in [-0.25, -0.2) is 13.2 Å². The number of esters is 1. The van der Waals surface area contributed by atoms with Crippen LogP contribution in [0.2, 0.25) is 5.02 Å². The Bertz CT molecular complexity index is 585. The molecule has 0 saturated carbocycles. The standard InChI is InChI=1S/C12H16ClNO4S/c1-8-5-6-10(13)7-11(8)14(19(4,16)17)9(2)12(15)18-3/h5-7,9H,1-4H3/t9-/m1/s1. The van der Waals surface area contributed by atoms with Gasteiger partial charge in [0.2, 0.25) is 10.0 Å². The van der Waals surface area contributed by atoms with Crippen molar-refractivity contribution in [3.05, 3.63) is 28.8 Å². The summed E-state index contributed by atoms with van der Waals surface area (Å²) >= 11 is 5.89. The number of anilines is 1. The Kier molecular flexibility index (Phi) is 4.81. The monoisotopic (exact) mass is 305 g/mol. The van der Waals surface area contributed by atoms with Crippen LogP contribution >= 0.6 is 11.6 Å². The third kappa shape index (κ3) is 3.61. The molecule has 0 bridgehead atoms. The molecule has 0 unspecified atom stereocenters. The average Bonchev–Trinajstić information content (AvgIpc) is 2.31. The molecule has 0 radical (unpaired) electrons. The van der Waals surface area contributed by atoms with Crippen LogP contribution in [-0.4, -0.2) is 33.8 Å². The summed E-state index contributed by atoms with van der Waals surface area (Å²) < 4.78 is 29.5. The molecule has 1 aromatic rings. The van der Waals surface area contributed by atoms with E-state index in [0.29, 0.717) is 16.3 Å². The second kappa shape index (κ2) is 5.79. The molecule has 1 atom stereocenters. The fourth-order valence-corrected chi connectivity index (χ4v) is 3.14.